The molecule has 0 unspecified atom stereocenters. The summed E-state index contributed by atoms with van der Waals surface area (Å²) in [6, 6.07) is 15.2. The quantitative estimate of drug-likeness (QED) is 0.776. The first-order valence-corrected chi connectivity index (χ1v) is 7.69. The molecule has 1 amide bonds. The van der Waals surface area contributed by atoms with Crippen LogP contribution in [0.4, 0.5) is 5.69 Å². The summed E-state index contributed by atoms with van der Waals surface area (Å²) < 4.78 is 1.91. The van der Waals surface area contributed by atoms with Gasteiger partial charge in [-0.2, -0.15) is 0 Å². The zero-order valence-corrected chi connectivity index (χ0v) is 13.7. The van der Waals surface area contributed by atoms with E-state index in [9.17, 15) is 4.79 Å². The number of anilines is 1. The highest BCUT2D eigenvalue weighted by molar-refractivity contribution is 6.04. The Labute approximate surface area is 136 Å². The van der Waals surface area contributed by atoms with Crippen LogP contribution in [0.2, 0.25) is 0 Å². The van der Waals surface area contributed by atoms with Gasteiger partial charge in [-0.1, -0.05) is 31.5 Å². The number of carbonyl (C=O) groups excluding carboxylic acids is 1. The predicted octanol–water partition coefficient (Wildman–Crippen LogP) is 4.46. The minimum Gasteiger partial charge on any atom is -0.322 e. The van der Waals surface area contributed by atoms with E-state index in [1.807, 2.05) is 80.1 Å². The van der Waals surface area contributed by atoms with E-state index in [-0.39, 0.29) is 5.91 Å². The van der Waals surface area contributed by atoms with Crippen LogP contribution in [0.25, 0.3) is 5.69 Å². The molecule has 0 fully saturated rings. The summed E-state index contributed by atoms with van der Waals surface area (Å²) in [6.07, 6.45) is 5.34. The maximum absolute atomic E-state index is 12.2. The minimum atomic E-state index is -0.103. The number of benzene rings is 2. The van der Waals surface area contributed by atoms with Crippen LogP contribution < -0.4 is 5.32 Å². The summed E-state index contributed by atoms with van der Waals surface area (Å²) in [4.78, 5) is 16.2. The topological polar surface area (TPSA) is 46.9 Å². The molecule has 3 rings (SSSR count). The first-order valence-electron chi connectivity index (χ1n) is 7.69. The molecule has 0 radical (unpaired) electrons. The molecule has 0 bridgehead atoms. The van der Waals surface area contributed by atoms with E-state index >= 15 is 0 Å². The van der Waals surface area contributed by atoms with E-state index in [2.05, 4.69) is 10.3 Å². The SMILES string of the molecule is CC.Cc1cccc(C(=O)Nc2ccc(-n3ccnc3)cc2)c1. The summed E-state index contributed by atoms with van der Waals surface area (Å²) in [5, 5.41) is 2.89. The molecule has 0 atom stereocenters. The molecular formula is C19H21N3O. The zero-order valence-electron chi connectivity index (χ0n) is 13.7. The summed E-state index contributed by atoms with van der Waals surface area (Å²) in [5.41, 5.74) is 3.50. The van der Waals surface area contributed by atoms with Gasteiger partial charge in [0.1, 0.15) is 0 Å². The third-order valence-electron chi connectivity index (χ3n) is 3.21. The number of imidazole rings is 1. The van der Waals surface area contributed by atoms with Gasteiger partial charge in [0.15, 0.2) is 0 Å². The standard InChI is InChI=1S/C17H15N3O.C2H6/c1-13-3-2-4-14(11-13)17(21)19-15-5-7-16(8-6-15)20-10-9-18-12-20;1-2/h2-12H,1H3,(H,19,21);1-2H3. The van der Waals surface area contributed by atoms with Crippen molar-refractivity contribution in [3.8, 4) is 5.69 Å². The normalized spacial score (nSPS) is 9.70. The second-order valence-corrected chi connectivity index (χ2v) is 4.84. The third kappa shape index (κ3) is 4.30. The lowest BCUT2D eigenvalue weighted by Crippen LogP contribution is -2.11. The third-order valence-corrected chi connectivity index (χ3v) is 3.21. The summed E-state index contributed by atoms with van der Waals surface area (Å²) in [5.74, 6) is -0.103. The molecule has 0 saturated carbocycles. The van der Waals surface area contributed by atoms with Gasteiger partial charge < -0.3 is 9.88 Å². The Morgan fingerprint density at radius 2 is 1.83 bits per heavy atom. The molecule has 1 N–H and O–H groups in total. The number of aromatic nitrogens is 2. The van der Waals surface area contributed by atoms with Crippen molar-refractivity contribution in [3.63, 3.8) is 0 Å². The van der Waals surface area contributed by atoms with Gasteiger partial charge in [-0.3, -0.25) is 4.79 Å². The van der Waals surface area contributed by atoms with Gasteiger partial charge in [-0.05, 0) is 43.3 Å². The van der Waals surface area contributed by atoms with Gasteiger partial charge in [0.05, 0.1) is 6.33 Å². The van der Waals surface area contributed by atoms with Crippen molar-refractivity contribution in [1.29, 1.82) is 0 Å². The molecule has 0 saturated heterocycles. The van der Waals surface area contributed by atoms with E-state index in [0.717, 1.165) is 16.9 Å². The van der Waals surface area contributed by atoms with Crippen molar-refractivity contribution < 1.29 is 4.79 Å². The van der Waals surface area contributed by atoms with Crippen LogP contribution in [0.3, 0.4) is 0 Å². The van der Waals surface area contributed by atoms with E-state index in [1.165, 1.54) is 0 Å². The van der Waals surface area contributed by atoms with Crippen LogP contribution in [0, 0.1) is 6.92 Å². The lowest BCUT2D eigenvalue weighted by molar-refractivity contribution is 0.102. The monoisotopic (exact) mass is 307 g/mol. The fourth-order valence-electron chi connectivity index (χ4n) is 2.12. The average molecular weight is 307 g/mol. The fourth-order valence-corrected chi connectivity index (χ4v) is 2.12. The number of carbonyl (C=O) groups is 1. The summed E-state index contributed by atoms with van der Waals surface area (Å²) in [6.45, 7) is 5.97. The van der Waals surface area contributed by atoms with Crippen LogP contribution in [0.5, 0.6) is 0 Å². The highest BCUT2D eigenvalue weighted by Gasteiger charge is 2.06. The molecule has 118 valence electrons. The molecule has 0 aliphatic carbocycles. The molecule has 4 nitrogen and oxygen atoms in total. The van der Waals surface area contributed by atoms with Crippen molar-refractivity contribution in [1.82, 2.24) is 9.55 Å². The predicted molar refractivity (Wildman–Crippen MR) is 94.0 cm³/mol. The number of hydrogen-bond donors (Lipinski definition) is 1. The van der Waals surface area contributed by atoms with E-state index in [0.29, 0.717) is 5.56 Å². The largest absolute Gasteiger partial charge is 0.322 e. The first kappa shape index (κ1) is 16.5. The lowest BCUT2D eigenvalue weighted by Gasteiger charge is -2.07. The van der Waals surface area contributed by atoms with Crippen LogP contribution in [0.15, 0.2) is 67.3 Å². The Morgan fingerprint density at radius 3 is 2.43 bits per heavy atom. The Hall–Kier alpha value is -2.88. The van der Waals surface area contributed by atoms with Crippen molar-refractivity contribution in [2.75, 3.05) is 5.32 Å². The molecule has 0 aliphatic rings. The number of rotatable bonds is 3. The van der Waals surface area contributed by atoms with Gasteiger partial charge in [-0.15, -0.1) is 0 Å². The minimum absolute atomic E-state index is 0.103. The average Bonchev–Trinajstić information content (AvgIpc) is 3.12. The van der Waals surface area contributed by atoms with Crippen LogP contribution in [0.1, 0.15) is 29.8 Å². The van der Waals surface area contributed by atoms with E-state index in [4.69, 9.17) is 0 Å². The Bertz CT molecular complexity index is 747. The molecule has 23 heavy (non-hydrogen) atoms. The van der Waals surface area contributed by atoms with Crippen LogP contribution in [-0.4, -0.2) is 15.5 Å². The maximum atomic E-state index is 12.2. The molecular weight excluding hydrogens is 286 g/mol. The number of nitrogens with one attached hydrogen (secondary N) is 1. The van der Waals surface area contributed by atoms with Gasteiger partial charge in [-0.25, -0.2) is 4.98 Å². The number of nitrogens with zero attached hydrogens (tertiary/aromatic N) is 2. The molecule has 4 heteroatoms. The second kappa shape index (κ2) is 7.94. The molecule has 2 aromatic carbocycles. The Morgan fingerprint density at radius 1 is 1.09 bits per heavy atom. The van der Waals surface area contributed by atoms with E-state index < -0.39 is 0 Å². The van der Waals surface area contributed by atoms with Gasteiger partial charge in [0.2, 0.25) is 0 Å². The van der Waals surface area contributed by atoms with Gasteiger partial charge >= 0.3 is 0 Å². The fraction of sp³-hybridized carbons (Fsp3) is 0.158. The number of hydrogen-bond acceptors (Lipinski definition) is 2. The number of amides is 1. The molecule has 0 spiro atoms. The summed E-state index contributed by atoms with van der Waals surface area (Å²) >= 11 is 0. The summed E-state index contributed by atoms with van der Waals surface area (Å²) in [7, 11) is 0. The van der Waals surface area contributed by atoms with Crippen molar-refractivity contribution in [2.45, 2.75) is 20.8 Å². The van der Waals surface area contributed by atoms with Crippen molar-refractivity contribution >= 4 is 11.6 Å². The lowest BCUT2D eigenvalue weighted by atomic mass is 10.1. The molecule has 1 heterocycles. The van der Waals surface area contributed by atoms with E-state index in [1.54, 1.807) is 12.5 Å². The molecule has 3 aromatic rings. The zero-order chi connectivity index (χ0) is 16.7. The first-order chi connectivity index (χ1) is 11.2. The van der Waals surface area contributed by atoms with Gasteiger partial charge in [0.25, 0.3) is 5.91 Å². The Kier molecular flexibility index (Phi) is 5.69. The maximum Gasteiger partial charge on any atom is 0.255 e. The van der Waals surface area contributed by atoms with Crippen molar-refractivity contribution in [3.05, 3.63) is 78.4 Å². The number of aryl methyl sites for hydroxylation is 1. The van der Waals surface area contributed by atoms with Crippen molar-refractivity contribution in [2.24, 2.45) is 0 Å². The molecule has 1 aromatic heterocycles. The highest BCUT2D eigenvalue weighted by Crippen LogP contribution is 2.14. The Balaban J connectivity index is 0.000000924. The molecule has 0 aliphatic heterocycles. The van der Waals surface area contributed by atoms with Crippen LogP contribution >= 0.6 is 0 Å². The smallest absolute Gasteiger partial charge is 0.255 e. The van der Waals surface area contributed by atoms with Crippen LogP contribution in [-0.2, 0) is 0 Å². The highest BCUT2D eigenvalue weighted by atomic mass is 16.1. The second-order valence-electron chi connectivity index (χ2n) is 4.84. The van der Waals surface area contributed by atoms with Gasteiger partial charge in [0, 0.05) is 29.3 Å².